The van der Waals surface area contributed by atoms with E-state index in [-0.39, 0.29) is 12.2 Å². The Morgan fingerprint density at radius 3 is 1.79 bits per heavy atom. The molecule has 0 aromatic heterocycles. The molecule has 0 aromatic carbocycles. The molecule has 2 nitrogen and oxygen atoms in total. The summed E-state index contributed by atoms with van der Waals surface area (Å²) in [7, 11) is 0. The van der Waals surface area contributed by atoms with Crippen molar-refractivity contribution in [3.05, 3.63) is 37.5 Å². The van der Waals surface area contributed by atoms with E-state index in [9.17, 15) is 0 Å². The van der Waals surface area contributed by atoms with Crippen molar-refractivity contribution < 1.29 is 9.47 Å². The average Bonchev–Trinajstić information content (AvgIpc) is 2.24. The molecular formula is C12H18O2. The maximum Gasteiger partial charge on any atom is 0.0878 e. The van der Waals surface area contributed by atoms with Crippen molar-refractivity contribution in [2.24, 2.45) is 0 Å². The fourth-order valence-electron chi connectivity index (χ4n) is 1.50. The van der Waals surface area contributed by atoms with E-state index in [0.29, 0.717) is 13.2 Å². The largest absolute Gasteiger partial charge is 0.371 e. The van der Waals surface area contributed by atoms with Gasteiger partial charge in [-0.2, -0.15) is 0 Å². The predicted octanol–water partition coefficient (Wildman–Crippen LogP) is 2.48. The molecule has 0 saturated heterocycles. The maximum atomic E-state index is 5.61. The highest BCUT2D eigenvalue weighted by Crippen LogP contribution is 2.18. The van der Waals surface area contributed by atoms with Gasteiger partial charge in [-0.1, -0.05) is 24.3 Å². The molecule has 0 bridgehead atoms. The Labute approximate surface area is 85.9 Å². The minimum absolute atomic E-state index is 0.165. The monoisotopic (exact) mass is 194 g/mol. The molecule has 0 aliphatic heterocycles. The second-order valence-corrected chi connectivity index (χ2v) is 3.26. The quantitative estimate of drug-likeness (QED) is 0.605. The van der Waals surface area contributed by atoms with E-state index in [1.54, 1.807) is 12.2 Å². The summed E-state index contributed by atoms with van der Waals surface area (Å²) in [5.74, 6) is 0. The van der Waals surface area contributed by atoms with Crippen molar-refractivity contribution in [1.29, 1.82) is 0 Å². The van der Waals surface area contributed by atoms with Crippen LogP contribution in [-0.2, 0) is 9.47 Å². The van der Waals surface area contributed by atoms with Crippen molar-refractivity contribution in [2.45, 2.75) is 25.0 Å². The van der Waals surface area contributed by atoms with Gasteiger partial charge in [-0.05, 0) is 12.8 Å². The van der Waals surface area contributed by atoms with Gasteiger partial charge in [-0.3, -0.25) is 0 Å². The molecule has 0 radical (unpaired) electrons. The highest BCUT2D eigenvalue weighted by atomic mass is 16.5. The molecule has 0 saturated carbocycles. The van der Waals surface area contributed by atoms with Gasteiger partial charge in [0, 0.05) is 0 Å². The zero-order valence-corrected chi connectivity index (χ0v) is 8.52. The lowest BCUT2D eigenvalue weighted by Gasteiger charge is -2.27. The molecule has 0 spiro atoms. The van der Waals surface area contributed by atoms with Gasteiger partial charge >= 0.3 is 0 Å². The molecule has 14 heavy (non-hydrogen) atoms. The van der Waals surface area contributed by atoms with Crippen molar-refractivity contribution in [3.8, 4) is 0 Å². The van der Waals surface area contributed by atoms with Crippen LogP contribution >= 0.6 is 0 Å². The van der Waals surface area contributed by atoms with Crippen LogP contribution < -0.4 is 0 Å². The number of ether oxygens (including phenoxy) is 2. The van der Waals surface area contributed by atoms with Gasteiger partial charge in [0.05, 0.1) is 25.4 Å². The molecule has 1 aliphatic carbocycles. The molecule has 0 aromatic rings. The summed E-state index contributed by atoms with van der Waals surface area (Å²) < 4.78 is 11.2. The van der Waals surface area contributed by atoms with Crippen molar-refractivity contribution >= 4 is 0 Å². The Morgan fingerprint density at radius 2 is 1.43 bits per heavy atom. The van der Waals surface area contributed by atoms with Gasteiger partial charge in [-0.15, -0.1) is 13.2 Å². The molecule has 2 heteroatoms. The predicted molar refractivity (Wildman–Crippen MR) is 58.2 cm³/mol. The maximum absolute atomic E-state index is 5.61. The smallest absolute Gasteiger partial charge is 0.0878 e. The molecular weight excluding hydrogens is 176 g/mol. The van der Waals surface area contributed by atoms with Crippen LogP contribution in [0.5, 0.6) is 0 Å². The minimum Gasteiger partial charge on any atom is -0.371 e. The third-order valence-electron chi connectivity index (χ3n) is 2.17. The van der Waals surface area contributed by atoms with E-state index < -0.39 is 0 Å². The third-order valence-corrected chi connectivity index (χ3v) is 2.17. The molecule has 0 amide bonds. The Hall–Kier alpha value is -0.860. The van der Waals surface area contributed by atoms with Gasteiger partial charge in [0.25, 0.3) is 0 Å². The van der Waals surface area contributed by atoms with Crippen LogP contribution in [0.1, 0.15) is 12.8 Å². The summed E-state index contributed by atoms with van der Waals surface area (Å²) in [5.41, 5.74) is 0. The lowest BCUT2D eigenvalue weighted by molar-refractivity contribution is -0.0581. The average molecular weight is 194 g/mol. The van der Waals surface area contributed by atoms with Gasteiger partial charge in [0.2, 0.25) is 0 Å². The van der Waals surface area contributed by atoms with Crippen LogP contribution in [0.15, 0.2) is 37.5 Å². The molecule has 0 N–H and O–H groups in total. The van der Waals surface area contributed by atoms with Gasteiger partial charge in [0.15, 0.2) is 0 Å². The van der Waals surface area contributed by atoms with Crippen molar-refractivity contribution in [2.75, 3.05) is 13.2 Å². The Bertz CT molecular complexity index is 186. The van der Waals surface area contributed by atoms with E-state index in [1.807, 2.05) is 0 Å². The van der Waals surface area contributed by atoms with Crippen molar-refractivity contribution in [3.63, 3.8) is 0 Å². The normalized spacial score (nSPS) is 26.0. The summed E-state index contributed by atoms with van der Waals surface area (Å²) >= 11 is 0. The van der Waals surface area contributed by atoms with Crippen LogP contribution in [0.3, 0.4) is 0 Å². The summed E-state index contributed by atoms with van der Waals surface area (Å²) in [4.78, 5) is 0. The van der Waals surface area contributed by atoms with E-state index in [4.69, 9.17) is 9.47 Å². The fraction of sp³-hybridized carbons (Fsp3) is 0.500. The van der Waals surface area contributed by atoms with Crippen LogP contribution in [0.4, 0.5) is 0 Å². The van der Waals surface area contributed by atoms with Gasteiger partial charge in [0.1, 0.15) is 0 Å². The Balaban J connectivity index is 2.38. The van der Waals surface area contributed by atoms with Gasteiger partial charge in [-0.25, -0.2) is 0 Å². The Morgan fingerprint density at radius 1 is 1.00 bits per heavy atom. The number of hydrogen-bond acceptors (Lipinski definition) is 2. The lowest BCUT2D eigenvalue weighted by atomic mass is 10.0. The molecule has 2 atom stereocenters. The fourth-order valence-corrected chi connectivity index (χ4v) is 1.50. The molecule has 0 unspecified atom stereocenters. The Kier molecular flexibility index (Phi) is 5.27. The molecule has 0 heterocycles. The molecule has 1 rings (SSSR count). The number of rotatable bonds is 6. The standard InChI is InChI=1S/C12H18O2/c1-3-9-13-11-7-5-6-8-12(11)14-10-4-2/h3-6,11-12H,1-2,7-10H2/t11-,12-/m0/s1. The third kappa shape index (κ3) is 3.48. The summed E-state index contributed by atoms with van der Waals surface area (Å²) in [6.45, 7) is 8.44. The summed E-state index contributed by atoms with van der Waals surface area (Å²) in [5, 5.41) is 0. The van der Waals surface area contributed by atoms with Crippen LogP contribution in [0, 0.1) is 0 Å². The van der Waals surface area contributed by atoms with Crippen LogP contribution in [0.2, 0.25) is 0 Å². The highest BCUT2D eigenvalue weighted by molar-refractivity contribution is 4.97. The highest BCUT2D eigenvalue weighted by Gasteiger charge is 2.22. The van der Waals surface area contributed by atoms with E-state index in [1.165, 1.54) is 0 Å². The molecule has 78 valence electrons. The van der Waals surface area contributed by atoms with E-state index in [2.05, 4.69) is 25.3 Å². The zero-order valence-electron chi connectivity index (χ0n) is 8.52. The van der Waals surface area contributed by atoms with E-state index >= 15 is 0 Å². The lowest BCUT2D eigenvalue weighted by Crippen LogP contribution is -2.33. The van der Waals surface area contributed by atoms with Crippen LogP contribution in [0.25, 0.3) is 0 Å². The second-order valence-electron chi connectivity index (χ2n) is 3.26. The van der Waals surface area contributed by atoms with Crippen molar-refractivity contribution in [1.82, 2.24) is 0 Å². The summed E-state index contributed by atoms with van der Waals surface area (Å²) in [6.07, 6.45) is 10.00. The minimum atomic E-state index is 0.165. The number of hydrogen-bond donors (Lipinski definition) is 0. The topological polar surface area (TPSA) is 18.5 Å². The second kappa shape index (κ2) is 6.57. The zero-order chi connectivity index (χ0) is 10.2. The summed E-state index contributed by atoms with van der Waals surface area (Å²) in [6, 6.07) is 0. The first-order valence-corrected chi connectivity index (χ1v) is 4.98. The first kappa shape index (κ1) is 11.2. The molecule has 0 fully saturated rings. The first-order valence-electron chi connectivity index (χ1n) is 4.98. The van der Waals surface area contributed by atoms with Crippen LogP contribution in [-0.4, -0.2) is 25.4 Å². The molecule has 1 aliphatic rings. The first-order chi connectivity index (χ1) is 6.88. The van der Waals surface area contributed by atoms with E-state index in [0.717, 1.165) is 12.8 Å². The van der Waals surface area contributed by atoms with Gasteiger partial charge < -0.3 is 9.47 Å². The SMILES string of the molecule is C=CCO[C@H]1CC=CC[C@@H]1OCC=C.